The Morgan fingerprint density at radius 1 is 1.21 bits per heavy atom. The summed E-state index contributed by atoms with van der Waals surface area (Å²) in [4.78, 5) is 11.5. The molecule has 1 spiro atoms. The van der Waals surface area contributed by atoms with Crippen LogP contribution in [0.3, 0.4) is 0 Å². The zero-order valence-corrected chi connectivity index (χ0v) is 18.3. The Morgan fingerprint density at radius 2 is 1.94 bits per heavy atom. The number of aromatic nitrogens is 2. The summed E-state index contributed by atoms with van der Waals surface area (Å²) < 4.78 is 37.7. The predicted molar refractivity (Wildman–Crippen MR) is 124 cm³/mol. The number of benzene rings is 1. The van der Waals surface area contributed by atoms with E-state index in [1.165, 1.54) is 12.6 Å². The Kier molecular flexibility index (Phi) is 6.55. The van der Waals surface area contributed by atoms with Crippen molar-refractivity contribution in [3.63, 3.8) is 0 Å². The van der Waals surface area contributed by atoms with Gasteiger partial charge in [0.15, 0.2) is 0 Å². The van der Waals surface area contributed by atoms with Crippen molar-refractivity contribution >= 4 is 23.4 Å². The second-order valence-electron chi connectivity index (χ2n) is 8.71. The molecule has 10 heteroatoms. The van der Waals surface area contributed by atoms with E-state index in [-0.39, 0.29) is 5.57 Å². The van der Waals surface area contributed by atoms with Gasteiger partial charge in [-0.25, -0.2) is 9.97 Å². The third kappa shape index (κ3) is 5.44. The van der Waals surface area contributed by atoms with Crippen LogP contribution < -0.4 is 21.3 Å². The number of nitrogen functional groups attached to an aromatic ring is 1. The SMILES string of the molecule is N=C/C(=C\NCC(F)(F)F)c1cnc(N2CCC3(CCNC3)CC2)nc1-c1ccc(N)cc1. The van der Waals surface area contributed by atoms with Crippen molar-refractivity contribution in [2.75, 3.05) is 43.4 Å². The lowest BCUT2D eigenvalue weighted by atomic mass is 9.78. The molecule has 176 valence electrons. The molecule has 1 aromatic heterocycles. The third-order valence-corrected chi connectivity index (χ3v) is 6.43. The van der Waals surface area contributed by atoms with Crippen LogP contribution in [0, 0.1) is 10.8 Å². The van der Waals surface area contributed by atoms with Gasteiger partial charge in [0.05, 0.1) is 5.69 Å². The number of hydrogen-bond donors (Lipinski definition) is 4. The summed E-state index contributed by atoms with van der Waals surface area (Å²) in [6, 6.07) is 7.11. The average Bonchev–Trinajstić information content (AvgIpc) is 3.25. The zero-order chi connectivity index (χ0) is 23.5. The fourth-order valence-corrected chi connectivity index (χ4v) is 4.47. The first kappa shape index (κ1) is 23.0. The Labute approximate surface area is 190 Å². The van der Waals surface area contributed by atoms with Gasteiger partial charge in [-0.05, 0) is 43.4 Å². The summed E-state index contributed by atoms with van der Waals surface area (Å²) in [5.74, 6) is 0.582. The summed E-state index contributed by atoms with van der Waals surface area (Å²) in [6.07, 6.45) is 2.73. The molecule has 4 rings (SSSR count). The van der Waals surface area contributed by atoms with E-state index in [9.17, 15) is 13.2 Å². The maximum Gasteiger partial charge on any atom is 0.405 e. The van der Waals surface area contributed by atoms with Crippen molar-refractivity contribution in [3.8, 4) is 11.3 Å². The van der Waals surface area contributed by atoms with Gasteiger partial charge in [-0.2, -0.15) is 13.2 Å². The highest BCUT2D eigenvalue weighted by Crippen LogP contribution is 2.38. The highest BCUT2D eigenvalue weighted by molar-refractivity contribution is 6.10. The van der Waals surface area contributed by atoms with Gasteiger partial charge in [-0.3, -0.25) is 0 Å². The number of nitrogens with two attached hydrogens (primary N) is 1. The topological polar surface area (TPSA) is 103 Å². The first-order chi connectivity index (χ1) is 15.8. The Bertz CT molecular complexity index is 1000. The molecule has 0 aliphatic carbocycles. The number of alkyl halides is 3. The molecule has 33 heavy (non-hydrogen) atoms. The van der Waals surface area contributed by atoms with E-state index < -0.39 is 12.7 Å². The first-order valence-corrected chi connectivity index (χ1v) is 11.0. The molecule has 0 saturated carbocycles. The van der Waals surface area contributed by atoms with Crippen molar-refractivity contribution in [3.05, 3.63) is 42.2 Å². The summed E-state index contributed by atoms with van der Waals surface area (Å²) in [6.45, 7) is 2.62. The van der Waals surface area contributed by atoms with Crippen molar-refractivity contribution in [1.82, 2.24) is 20.6 Å². The minimum atomic E-state index is -4.36. The first-order valence-electron chi connectivity index (χ1n) is 11.0. The van der Waals surface area contributed by atoms with Crippen molar-refractivity contribution in [2.45, 2.75) is 25.4 Å². The molecule has 0 radical (unpaired) electrons. The maximum atomic E-state index is 12.6. The second kappa shape index (κ2) is 9.38. The molecule has 5 N–H and O–H groups in total. The molecule has 0 atom stereocenters. The van der Waals surface area contributed by atoms with E-state index in [4.69, 9.17) is 16.1 Å². The molecule has 0 unspecified atom stereocenters. The summed E-state index contributed by atoms with van der Waals surface area (Å²) >= 11 is 0. The van der Waals surface area contributed by atoms with Crippen molar-refractivity contribution in [2.24, 2.45) is 5.41 Å². The number of nitrogens with zero attached hydrogens (tertiary/aromatic N) is 3. The number of hydrogen-bond acceptors (Lipinski definition) is 7. The molecule has 0 amide bonds. The van der Waals surface area contributed by atoms with Crippen LogP contribution in [-0.2, 0) is 0 Å². The smallest absolute Gasteiger partial charge is 0.399 e. The molecule has 3 heterocycles. The average molecular weight is 460 g/mol. The van der Waals surface area contributed by atoms with Crippen LogP contribution in [0.25, 0.3) is 16.8 Å². The van der Waals surface area contributed by atoms with E-state index >= 15 is 0 Å². The quantitative estimate of drug-likeness (QED) is 0.390. The van der Waals surface area contributed by atoms with Gasteiger partial charge >= 0.3 is 6.18 Å². The van der Waals surface area contributed by atoms with Gasteiger partial charge in [0.2, 0.25) is 5.95 Å². The maximum absolute atomic E-state index is 12.6. The highest BCUT2D eigenvalue weighted by Gasteiger charge is 2.37. The standard InChI is InChI=1S/C23H28F3N7/c24-23(25,26)15-30-12-17(11-27)19-13-31-21(32-20(19)16-1-3-18(28)4-2-16)33-9-6-22(7-10-33)5-8-29-14-22/h1-4,11-13,27,29-30H,5-10,14-15,28H2/b17-12+,27-11?. The minimum absolute atomic E-state index is 0.257. The number of halogens is 3. The molecule has 2 aliphatic rings. The fourth-order valence-electron chi connectivity index (χ4n) is 4.47. The van der Waals surface area contributed by atoms with E-state index in [1.807, 2.05) is 12.1 Å². The van der Waals surface area contributed by atoms with Crippen LogP contribution in [0.1, 0.15) is 24.8 Å². The monoisotopic (exact) mass is 459 g/mol. The lowest BCUT2D eigenvalue weighted by molar-refractivity contribution is -0.122. The van der Waals surface area contributed by atoms with E-state index in [2.05, 4.69) is 20.5 Å². The molecular formula is C23H28F3N7. The number of anilines is 2. The second-order valence-corrected chi connectivity index (χ2v) is 8.71. The molecule has 7 nitrogen and oxygen atoms in total. The predicted octanol–water partition coefficient (Wildman–Crippen LogP) is 3.45. The number of nitrogens with one attached hydrogen (secondary N) is 3. The van der Waals surface area contributed by atoms with Gasteiger partial charge in [0.1, 0.15) is 6.54 Å². The van der Waals surface area contributed by atoms with Crippen LogP contribution in [0.15, 0.2) is 36.7 Å². The molecule has 2 aliphatic heterocycles. The van der Waals surface area contributed by atoms with Gasteiger partial charge in [0.25, 0.3) is 0 Å². The number of rotatable bonds is 6. The fraction of sp³-hybridized carbons (Fsp3) is 0.435. The molecule has 2 fully saturated rings. The Balaban J connectivity index is 1.64. The minimum Gasteiger partial charge on any atom is -0.399 e. The van der Waals surface area contributed by atoms with Crippen LogP contribution in [0.5, 0.6) is 0 Å². The third-order valence-electron chi connectivity index (χ3n) is 6.43. The summed E-state index contributed by atoms with van der Waals surface area (Å²) in [7, 11) is 0. The highest BCUT2D eigenvalue weighted by atomic mass is 19.4. The molecule has 0 bridgehead atoms. The molecule has 1 aromatic carbocycles. The molecule has 2 aromatic rings. The molecule has 2 saturated heterocycles. The van der Waals surface area contributed by atoms with E-state index in [1.54, 1.807) is 18.3 Å². The van der Waals surface area contributed by atoms with Crippen LogP contribution in [0.2, 0.25) is 0 Å². The van der Waals surface area contributed by atoms with Crippen molar-refractivity contribution < 1.29 is 13.2 Å². The van der Waals surface area contributed by atoms with E-state index in [0.717, 1.165) is 50.8 Å². The number of piperidine rings is 1. The van der Waals surface area contributed by atoms with Crippen molar-refractivity contribution in [1.29, 1.82) is 5.41 Å². The van der Waals surface area contributed by atoms with Gasteiger partial charge in [-0.15, -0.1) is 0 Å². The lowest BCUT2D eigenvalue weighted by Gasteiger charge is -2.39. The van der Waals surface area contributed by atoms with E-state index in [0.29, 0.717) is 28.3 Å². The lowest BCUT2D eigenvalue weighted by Crippen LogP contribution is -2.42. The van der Waals surface area contributed by atoms with Gasteiger partial charge < -0.3 is 26.7 Å². The Hall–Kier alpha value is -3.14. The van der Waals surface area contributed by atoms with Crippen LogP contribution in [0.4, 0.5) is 24.8 Å². The van der Waals surface area contributed by atoms with Gasteiger partial charge in [0, 0.05) is 60.6 Å². The van der Waals surface area contributed by atoms with Gasteiger partial charge in [-0.1, -0.05) is 12.1 Å². The normalized spacial score (nSPS) is 18.5. The summed E-state index contributed by atoms with van der Waals surface area (Å²) in [5, 5.41) is 13.5. The summed E-state index contributed by atoms with van der Waals surface area (Å²) in [5.41, 5.74) is 8.81. The zero-order valence-electron chi connectivity index (χ0n) is 18.3. The van der Waals surface area contributed by atoms with Crippen LogP contribution in [-0.4, -0.2) is 55.1 Å². The molecular weight excluding hydrogens is 431 g/mol. The number of allylic oxidation sites excluding steroid dienone is 1. The largest absolute Gasteiger partial charge is 0.405 e. The Morgan fingerprint density at radius 3 is 2.55 bits per heavy atom. The van der Waals surface area contributed by atoms with Crippen LogP contribution >= 0.6 is 0 Å².